The van der Waals surface area contributed by atoms with Crippen LogP contribution in [0.25, 0.3) is 0 Å². The molecule has 1 aliphatic heterocycles. The van der Waals surface area contributed by atoms with Gasteiger partial charge in [0.1, 0.15) is 6.04 Å². The third-order valence-corrected chi connectivity index (χ3v) is 3.77. The van der Waals surface area contributed by atoms with Crippen molar-refractivity contribution in [1.29, 1.82) is 0 Å². The summed E-state index contributed by atoms with van der Waals surface area (Å²) in [6.45, 7) is 1.48. The Balaban J connectivity index is 2.16. The molecule has 5 heteroatoms. The van der Waals surface area contributed by atoms with Gasteiger partial charge < -0.3 is 5.73 Å². The lowest BCUT2D eigenvalue weighted by Crippen LogP contribution is -2.44. The highest BCUT2D eigenvalue weighted by molar-refractivity contribution is 5.20. The Morgan fingerprint density at radius 3 is 2.21 bits per heavy atom. The van der Waals surface area contributed by atoms with Crippen LogP contribution in [0.2, 0.25) is 0 Å². The van der Waals surface area contributed by atoms with Crippen molar-refractivity contribution in [3.63, 3.8) is 0 Å². The van der Waals surface area contributed by atoms with Gasteiger partial charge in [-0.3, -0.25) is 4.90 Å². The quantitative estimate of drug-likeness (QED) is 0.916. The van der Waals surface area contributed by atoms with Crippen LogP contribution in [0.3, 0.4) is 0 Å². The Hall–Kier alpha value is -1.07. The molecule has 1 unspecified atom stereocenters. The van der Waals surface area contributed by atoms with E-state index in [0.29, 0.717) is 31.1 Å². The first-order chi connectivity index (χ1) is 9.02. The molecule has 0 amide bonds. The number of nitrogens with two attached hydrogens (primary N) is 1. The maximum atomic E-state index is 13.3. The highest BCUT2D eigenvalue weighted by atomic mass is 19.4. The molecule has 0 spiro atoms. The fourth-order valence-electron chi connectivity index (χ4n) is 2.69. The number of piperidine rings is 1. The molecule has 1 aromatic rings. The lowest BCUT2D eigenvalue weighted by molar-refractivity contribution is -0.189. The molecule has 106 valence electrons. The molecule has 1 saturated heterocycles. The van der Waals surface area contributed by atoms with Crippen molar-refractivity contribution in [3.05, 3.63) is 35.9 Å². The maximum absolute atomic E-state index is 13.3. The van der Waals surface area contributed by atoms with Gasteiger partial charge in [-0.2, -0.15) is 13.2 Å². The van der Waals surface area contributed by atoms with E-state index in [-0.39, 0.29) is 0 Å². The van der Waals surface area contributed by atoms with Gasteiger partial charge >= 0.3 is 6.18 Å². The monoisotopic (exact) mass is 272 g/mol. The topological polar surface area (TPSA) is 29.3 Å². The van der Waals surface area contributed by atoms with Gasteiger partial charge in [-0.25, -0.2) is 0 Å². The van der Waals surface area contributed by atoms with Crippen LogP contribution in [0.1, 0.15) is 24.4 Å². The van der Waals surface area contributed by atoms with Crippen molar-refractivity contribution >= 4 is 0 Å². The third-order valence-electron chi connectivity index (χ3n) is 3.77. The Morgan fingerprint density at radius 1 is 1.16 bits per heavy atom. The van der Waals surface area contributed by atoms with Crippen LogP contribution >= 0.6 is 0 Å². The lowest BCUT2D eigenvalue weighted by Gasteiger charge is -2.38. The summed E-state index contributed by atoms with van der Waals surface area (Å²) in [5.41, 5.74) is 5.90. The van der Waals surface area contributed by atoms with E-state index in [2.05, 4.69) is 0 Å². The van der Waals surface area contributed by atoms with Gasteiger partial charge in [-0.05, 0) is 44.0 Å². The minimum atomic E-state index is -4.24. The predicted molar refractivity (Wildman–Crippen MR) is 68.6 cm³/mol. The minimum absolute atomic E-state index is 0.321. The zero-order chi connectivity index (χ0) is 13.9. The molecule has 1 heterocycles. The van der Waals surface area contributed by atoms with Gasteiger partial charge in [0.05, 0.1) is 0 Å². The van der Waals surface area contributed by atoms with Crippen LogP contribution in [-0.2, 0) is 0 Å². The second kappa shape index (κ2) is 5.92. The molecule has 2 rings (SSSR count). The van der Waals surface area contributed by atoms with Crippen molar-refractivity contribution in [1.82, 2.24) is 4.90 Å². The number of benzene rings is 1. The van der Waals surface area contributed by atoms with Crippen molar-refractivity contribution < 1.29 is 13.2 Å². The first-order valence-electron chi connectivity index (χ1n) is 6.58. The SMILES string of the molecule is NCC1CCN(C(c2ccccc2)C(F)(F)F)CC1. The molecular weight excluding hydrogens is 253 g/mol. The predicted octanol–water partition coefficient (Wildman–Crippen LogP) is 2.96. The van der Waals surface area contributed by atoms with Crippen molar-refractivity contribution in [2.24, 2.45) is 11.7 Å². The first-order valence-corrected chi connectivity index (χ1v) is 6.58. The molecular formula is C14H19F3N2. The first kappa shape index (κ1) is 14.3. The fourth-order valence-corrected chi connectivity index (χ4v) is 2.69. The van der Waals surface area contributed by atoms with E-state index < -0.39 is 12.2 Å². The number of nitrogens with zero attached hydrogens (tertiary/aromatic N) is 1. The summed E-state index contributed by atoms with van der Waals surface area (Å²) >= 11 is 0. The Bertz CT molecular complexity index is 383. The van der Waals surface area contributed by atoms with Gasteiger partial charge in [0.15, 0.2) is 0 Å². The maximum Gasteiger partial charge on any atom is 0.408 e. The van der Waals surface area contributed by atoms with Crippen LogP contribution in [0.5, 0.6) is 0 Å². The molecule has 1 fully saturated rings. The van der Waals surface area contributed by atoms with Gasteiger partial charge in [0, 0.05) is 0 Å². The summed E-state index contributed by atoms with van der Waals surface area (Å²) in [7, 11) is 0. The van der Waals surface area contributed by atoms with E-state index in [1.807, 2.05) is 0 Å². The normalized spacial score (nSPS) is 20.4. The van der Waals surface area contributed by atoms with Crippen LogP contribution in [0.15, 0.2) is 30.3 Å². The highest BCUT2D eigenvalue weighted by Crippen LogP contribution is 2.39. The largest absolute Gasteiger partial charge is 0.408 e. The summed E-state index contributed by atoms with van der Waals surface area (Å²) in [6, 6.07) is 6.65. The summed E-state index contributed by atoms with van der Waals surface area (Å²) in [4.78, 5) is 1.53. The van der Waals surface area contributed by atoms with E-state index >= 15 is 0 Å². The Kier molecular flexibility index (Phi) is 4.47. The summed E-state index contributed by atoms with van der Waals surface area (Å²) in [5, 5.41) is 0. The van der Waals surface area contributed by atoms with Gasteiger partial charge in [-0.1, -0.05) is 30.3 Å². The van der Waals surface area contributed by atoms with E-state index in [9.17, 15) is 13.2 Å². The standard InChI is InChI=1S/C14H19F3N2/c15-14(16,17)13(12-4-2-1-3-5-12)19-8-6-11(10-18)7-9-19/h1-5,11,13H,6-10,18H2. The van der Waals surface area contributed by atoms with Gasteiger partial charge in [0.25, 0.3) is 0 Å². The van der Waals surface area contributed by atoms with E-state index in [4.69, 9.17) is 5.73 Å². The average Bonchev–Trinajstić information content (AvgIpc) is 2.39. The van der Waals surface area contributed by atoms with Crippen LogP contribution in [0, 0.1) is 5.92 Å². The second-order valence-corrected chi connectivity index (χ2v) is 5.07. The molecule has 0 aliphatic carbocycles. The lowest BCUT2D eigenvalue weighted by atomic mass is 9.94. The van der Waals surface area contributed by atoms with E-state index in [0.717, 1.165) is 12.8 Å². The van der Waals surface area contributed by atoms with Gasteiger partial charge in [0.2, 0.25) is 0 Å². The van der Waals surface area contributed by atoms with Crippen molar-refractivity contribution in [2.75, 3.05) is 19.6 Å². The molecule has 0 aromatic heterocycles. The Morgan fingerprint density at radius 2 is 1.74 bits per heavy atom. The van der Waals surface area contributed by atoms with Crippen LogP contribution in [-0.4, -0.2) is 30.7 Å². The molecule has 1 atom stereocenters. The number of alkyl halides is 3. The number of rotatable bonds is 3. The molecule has 0 radical (unpaired) electrons. The molecule has 19 heavy (non-hydrogen) atoms. The zero-order valence-corrected chi connectivity index (χ0v) is 10.7. The minimum Gasteiger partial charge on any atom is -0.330 e. The molecule has 1 aliphatic rings. The number of hydrogen-bond acceptors (Lipinski definition) is 2. The van der Waals surface area contributed by atoms with E-state index in [1.165, 1.54) is 4.90 Å². The van der Waals surface area contributed by atoms with Crippen LogP contribution in [0.4, 0.5) is 13.2 Å². The third kappa shape index (κ3) is 3.48. The smallest absolute Gasteiger partial charge is 0.330 e. The molecule has 0 saturated carbocycles. The van der Waals surface area contributed by atoms with Crippen molar-refractivity contribution in [3.8, 4) is 0 Å². The Labute approximate surface area is 111 Å². The summed E-state index contributed by atoms with van der Waals surface area (Å²) < 4.78 is 39.9. The van der Waals surface area contributed by atoms with Crippen LogP contribution < -0.4 is 5.73 Å². The zero-order valence-electron chi connectivity index (χ0n) is 10.7. The van der Waals surface area contributed by atoms with Crippen molar-refractivity contribution in [2.45, 2.75) is 25.1 Å². The number of hydrogen-bond donors (Lipinski definition) is 1. The van der Waals surface area contributed by atoms with Gasteiger partial charge in [-0.15, -0.1) is 0 Å². The summed E-state index contributed by atoms with van der Waals surface area (Å²) in [6.07, 6.45) is -2.75. The van der Waals surface area contributed by atoms with E-state index in [1.54, 1.807) is 30.3 Å². The highest BCUT2D eigenvalue weighted by Gasteiger charge is 2.45. The fraction of sp³-hybridized carbons (Fsp3) is 0.571. The number of halogens is 3. The molecule has 2 N–H and O–H groups in total. The molecule has 2 nitrogen and oxygen atoms in total. The molecule has 1 aromatic carbocycles. The second-order valence-electron chi connectivity index (χ2n) is 5.07. The molecule has 0 bridgehead atoms. The average molecular weight is 272 g/mol. The number of likely N-dealkylation sites (tertiary alicyclic amines) is 1. The summed E-state index contributed by atoms with van der Waals surface area (Å²) in [5.74, 6) is 0.362.